The molecule has 0 atom stereocenters. The van der Waals surface area contributed by atoms with Gasteiger partial charge in [-0.2, -0.15) is 0 Å². The van der Waals surface area contributed by atoms with E-state index in [4.69, 9.17) is 9.47 Å². The zero-order valence-corrected chi connectivity index (χ0v) is 12.5. The number of aromatic nitrogens is 2. The molecule has 0 saturated heterocycles. The van der Waals surface area contributed by atoms with Crippen molar-refractivity contribution in [2.45, 2.75) is 6.92 Å². The van der Waals surface area contributed by atoms with Crippen LogP contribution >= 0.6 is 0 Å². The molecule has 0 radical (unpaired) electrons. The Balaban J connectivity index is 2.27. The van der Waals surface area contributed by atoms with Crippen LogP contribution in [0.25, 0.3) is 0 Å². The summed E-state index contributed by atoms with van der Waals surface area (Å²) < 4.78 is 10.3. The highest BCUT2D eigenvalue weighted by Crippen LogP contribution is 2.29. The Hall–Kier alpha value is -3.23. The van der Waals surface area contributed by atoms with Gasteiger partial charge in [0.25, 0.3) is 11.6 Å². The standard InChI is InChI=1S/C14H14N4O5/c1-3-23-13-7-11(15-8-16-13)14(19)17-10-6-9(18(20)21)4-5-12(10)22-2/h4-8H,3H2,1-2H3,(H,17,19). The van der Waals surface area contributed by atoms with Crippen LogP contribution in [0.4, 0.5) is 11.4 Å². The van der Waals surface area contributed by atoms with E-state index in [0.29, 0.717) is 12.4 Å². The summed E-state index contributed by atoms with van der Waals surface area (Å²) in [5, 5.41) is 13.4. The smallest absolute Gasteiger partial charge is 0.274 e. The van der Waals surface area contributed by atoms with Crippen molar-refractivity contribution in [3.8, 4) is 11.6 Å². The normalized spacial score (nSPS) is 10.0. The zero-order chi connectivity index (χ0) is 16.8. The van der Waals surface area contributed by atoms with Crippen LogP contribution < -0.4 is 14.8 Å². The number of hydrogen-bond acceptors (Lipinski definition) is 7. The molecular weight excluding hydrogens is 304 g/mol. The first-order valence-electron chi connectivity index (χ1n) is 6.63. The fourth-order valence-corrected chi connectivity index (χ4v) is 1.78. The number of nitro groups is 1. The third kappa shape index (κ3) is 3.90. The summed E-state index contributed by atoms with van der Waals surface area (Å²) >= 11 is 0. The quantitative estimate of drug-likeness (QED) is 0.639. The van der Waals surface area contributed by atoms with Gasteiger partial charge in [0, 0.05) is 18.2 Å². The number of benzene rings is 1. The van der Waals surface area contributed by atoms with E-state index in [-0.39, 0.29) is 22.9 Å². The molecule has 9 nitrogen and oxygen atoms in total. The molecular formula is C14H14N4O5. The summed E-state index contributed by atoms with van der Waals surface area (Å²) in [7, 11) is 1.40. The van der Waals surface area contributed by atoms with Crippen LogP contribution in [0.3, 0.4) is 0 Å². The maximum absolute atomic E-state index is 12.2. The van der Waals surface area contributed by atoms with Gasteiger partial charge in [0.2, 0.25) is 5.88 Å². The largest absolute Gasteiger partial charge is 0.495 e. The van der Waals surface area contributed by atoms with Gasteiger partial charge in [-0.3, -0.25) is 14.9 Å². The lowest BCUT2D eigenvalue weighted by Gasteiger charge is -2.10. The van der Waals surface area contributed by atoms with E-state index in [2.05, 4.69) is 15.3 Å². The Morgan fingerprint density at radius 3 is 2.78 bits per heavy atom. The van der Waals surface area contributed by atoms with Crippen LogP contribution in [0.5, 0.6) is 11.6 Å². The van der Waals surface area contributed by atoms with Gasteiger partial charge in [-0.05, 0) is 13.0 Å². The molecule has 0 aliphatic heterocycles. The van der Waals surface area contributed by atoms with E-state index in [1.165, 1.54) is 37.7 Å². The Kier molecular flexibility index (Phi) is 5.03. The average Bonchev–Trinajstić information content (AvgIpc) is 2.55. The summed E-state index contributed by atoms with van der Waals surface area (Å²) in [4.78, 5) is 30.2. The van der Waals surface area contributed by atoms with Gasteiger partial charge in [0.15, 0.2) is 0 Å². The Labute approximate surface area is 131 Å². The number of nitro benzene ring substituents is 1. The highest BCUT2D eigenvalue weighted by molar-refractivity contribution is 6.04. The molecule has 2 aromatic rings. The van der Waals surface area contributed by atoms with Crippen LogP contribution in [-0.2, 0) is 0 Å². The number of anilines is 1. The van der Waals surface area contributed by atoms with Gasteiger partial charge in [0.1, 0.15) is 17.8 Å². The molecule has 0 spiro atoms. The molecule has 1 aromatic heterocycles. The predicted octanol–water partition coefficient (Wildman–Crippen LogP) is 2.04. The van der Waals surface area contributed by atoms with Gasteiger partial charge in [-0.25, -0.2) is 9.97 Å². The lowest BCUT2D eigenvalue weighted by Crippen LogP contribution is -2.15. The van der Waals surface area contributed by atoms with Crippen LogP contribution in [-0.4, -0.2) is 34.5 Å². The van der Waals surface area contributed by atoms with E-state index in [1.54, 1.807) is 6.92 Å². The molecule has 0 unspecified atom stereocenters. The first-order valence-corrected chi connectivity index (χ1v) is 6.63. The minimum Gasteiger partial charge on any atom is -0.495 e. The minimum atomic E-state index is -0.563. The Bertz CT molecular complexity index is 735. The maximum Gasteiger partial charge on any atom is 0.274 e. The molecule has 1 N–H and O–H groups in total. The zero-order valence-electron chi connectivity index (χ0n) is 12.5. The molecule has 23 heavy (non-hydrogen) atoms. The number of methoxy groups -OCH3 is 1. The molecule has 2 rings (SSSR count). The second-order valence-electron chi connectivity index (χ2n) is 4.27. The number of amides is 1. The molecule has 1 heterocycles. The summed E-state index contributed by atoms with van der Waals surface area (Å²) in [5.41, 5.74) is 0.0686. The lowest BCUT2D eigenvalue weighted by molar-refractivity contribution is -0.384. The molecule has 120 valence electrons. The van der Waals surface area contributed by atoms with Gasteiger partial charge < -0.3 is 14.8 Å². The van der Waals surface area contributed by atoms with Crippen molar-refractivity contribution in [1.82, 2.24) is 9.97 Å². The first kappa shape index (κ1) is 16.1. The molecule has 0 saturated carbocycles. The van der Waals surface area contributed by atoms with Crippen LogP contribution in [0.2, 0.25) is 0 Å². The second-order valence-corrected chi connectivity index (χ2v) is 4.27. The molecule has 0 aliphatic rings. The van der Waals surface area contributed by atoms with E-state index in [9.17, 15) is 14.9 Å². The highest BCUT2D eigenvalue weighted by Gasteiger charge is 2.16. The van der Waals surface area contributed by atoms with Crippen molar-refractivity contribution in [3.63, 3.8) is 0 Å². The van der Waals surface area contributed by atoms with Gasteiger partial charge >= 0.3 is 0 Å². The number of ether oxygens (including phenoxy) is 2. The number of nitrogens with one attached hydrogen (secondary N) is 1. The van der Waals surface area contributed by atoms with Crippen molar-refractivity contribution in [3.05, 3.63) is 46.4 Å². The van der Waals surface area contributed by atoms with Crippen LogP contribution in [0.15, 0.2) is 30.6 Å². The van der Waals surface area contributed by atoms with Crippen molar-refractivity contribution < 1.29 is 19.2 Å². The minimum absolute atomic E-state index is 0.0667. The summed E-state index contributed by atoms with van der Waals surface area (Å²) in [6.45, 7) is 2.19. The van der Waals surface area contributed by atoms with Crippen molar-refractivity contribution in [2.75, 3.05) is 19.0 Å². The molecule has 0 bridgehead atoms. The van der Waals surface area contributed by atoms with Gasteiger partial charge in [-0.1, -0.05) is 0 Å². The molecule has 1 amide bonds. The fraction of sp³-hybridized carbons (Fsp3) is 0.214. The van der Waals surface area contributed by atoms with E-state index < -0.39 is 10.8 Å². The third-order valence-corrected chi connectivity index (χ3v) is 2.81. The fourth-order valence-electron chi connectivity index (χ4n) is 1.78. The SMILES string of the molecule is CCOc1cc(C(=O)Nc2cc([N+](=O)[O-])ccc2OC)ncn1. The van der Waals surface area contributed by atoms with E-state index in [0.717, 1.165) is 0 Å². The van der Waals surface area contributed by atoms with Crippen LogP contribution in [0, 0.1) is 10.1 Å². The Morgan fingerprint density at radius 2 is 2.13 bits per heavy atom. The van der Waals surface area contributed by atoms with Crippen molar-refractivity contribution in [2.24, 2.45) is 0 Å². The third-order valence-electron chi connectivity index (χ3n) is 2.81. The maximum atomic E-state index is 12.2. The molecule has 9 heteroatoms. The predicted molar refractivity (Wildman–Crippen MR) is 80.8 cm³/mol. The molecule has 0 fully saturated rings. The number of carbonyl (C=O) groups is 1. The first-order chi connectivity index (χ1) is 11.0. The lowest BCUT2D eigenvalue weighted by atomic mass is 10.2. The van der Waals surface area contributed by atoms with Crippen LogP contribution in [0.1, 0.15) is 17.4 Å². The number of hydrogen-bond donors (Lipinski definition) is 1. The number of nitrogens with zero attached hydrogens (tertiary/aromatic N) is 3. The monoisotopic (exact) mass is 318 g/mol. The van der Waals surface area contributed by atoms with E-state index in [1.807, 2.05) is 0 Å². The number of carbonyl (C=O) groups excluding carboxylic acids is 1. The van der Waals surface area contributed by atoms with Crippen molar-refractivity contribution >= 4 is 17.3 Å². The summed E-state index contributed by atoms with van der Waals surface area (Å²) in [5.74, 6) is -0.00570. The van der Waals surface area contributed by atoms with Crippen molar-refractivity contribution in [1.29, 1.82) is 0 Å². The van der Waals surface area contributed by atoms with Gasteiger partial charge in [0.05, 0.1) is 24.3 Å². The molecule has 0 aliphatic carbocycles. The highest BCUT2D eigenvalue weighted by atomic mass is 16.6. The topological polar surface area (TPSA) is 116 Å². The Morgan fingerprint density at radius 1 is 1.35 bits per heavy atom. The number of rotatable bonds is 6. The van der Waals surface area contributed by atoms with E-state index >= 15 is 0 Å². The number of non-ortho nitro benzene ring substituents is 1. The van der Waals surface area contributed by atoms with Gasteiger partial charge in [-0.15, -0.1) is 0 Å². The summed E-state index contributed by atoms with van der Waals surface area (Å²) in [6.07, 6.45) is 1.20. The average molecular weight is 318 g/mol. The molecule has 1 aromatic carbocycles. The summed E-state index contributed by atoms with van der Waals surface area (Å²) in [6, 6.07) is 5.27. The second kappa shape index (κ2) is 7.16.